The Bertz CT molecular complexity index is 596. The summed E-state index contributed by atoms with van der Waals surface area (Å²) in [6.07, 6.45) is 3.63. The molecule has 0 spiro atoms. The molecule has 0 saturated heterocycles. The van der Waals surface area contributed by atoms with E-state index in [1.165, 1.54) is 23.6 Å². The Kier molecular flexibility index (Phi) is 3.16. The molecule has 0 bridgehead atoms. The van der Waals surface area contributed by atoms with Crippen LogP contribution in [0.15, 0.2) is 29.9 Å². The average Bonchev–Trinajstić information content (AvgIpc) is 3.04. The summed E-state index contributed by atoms with van der Waals surface area (Å²) in [5.74, 6) is -0.782. The number of halogens is 1. The molecular weight excluding hydrogens is 265 g/mol. The molecule has 98 valence electrons. The minimum Gasteiger partial charge on any atom is -0.381 e. The highest BCUT2D eigenvalue weighted by molar-refractivity contribution is 7.11. The number of anilines is 2. The van der Waals surface area contributed by atoms with Crippen LogP contribution in [0.4, 0.5) is 15.8 Å². The molecule has 1 heterocycles. The van der Waals surface area contributed by atoms with Crippen molar-refractivity contribution in [3.8, 4) is 0 Å². The second-order valence-electron chi connectivity index (χ2n) is 4.40. The molecule has 4 nitrogen and oxygen atoms in total. The summed E-state index contributed by atoms with van der Waals surface area (Å²) in [5, 5.41) is 5.82. The number of amides is 1. The summed E-state index contributed by atoms with van der Waals surface area (Å²) in [5.41, 5.74) is 2.40. The second-order valence-corrected chi connectivity index (χ2v) is 5.29. The summed E-state index contributed by atoms with van der Waals surface area (Å²) in [6.45, 7) is 0. The Morgan fingerprint density at radius 2 is 2.26 bits per heavy atom. The Balaban J connectivity index is 1.84. The van der Waals surface area contributed by atoms with Crippen molar-refractivity contribution in [1.82, 2.24) is 4.98 Å². The summed E-state index contributed by atoms with van der Waals surface area (Å²) < 4.78 is 13.9. The fourth-order valence-corrected chi connectivity index (χ4v) is 2.24. The van der Waals surface area contributed by atoms with Crippen LogP contribution in [0, 0.1) is 5.82 Å². The fraction of sp³-hybridized carbons (Fsp3) is 0.231. The predicted molar refractivity (Wildman–Crippen MR) is 73.1 cm³/mol. The van der Waals surface area contributed by atoms with Crippen molar-refractivity contribution in [2.45, 2.75) is 18.9 Å². The number of hydrogen-bond acceptors (Lipinski definition) is 4. The zero-order valence-electron chi connectivity index (χ0n) is 10.0. The topological polar surface area (TPSA) is 54.0 Å². The molecule has 2 aromatic rings. The van der Waals surface area contributed by atoms with E-state index in [0.29, 0.717) is 16.6 Å². The van der Waals surface area contributed by atoms with Crippen LogP contribution >= 0.6 is 11.3 Å². The first-order chi connectivity index (χ1) is 9.24. The van der Waals surface area contributed by atoms with E-state index in [2.05, 4.69) is 15.6 Å². The molecule has 1 aliphatic carbocycles. The van der Waals surface area contributed by atoms with Gasteiger partial charge in [-0.05, 0) is 25.0 Å². The number of carbonyl (C=O) groups is 1. The van der Waals surface area contributed by atoms with Crippen LogP contribution in [0.5, 0.6) is 0 Å². The average molecular weight is 277 g/mol. The zero-order valence-corrected chi connectivity index (χ0v) is 10.8. The van der Waals surface area contributed by atoms with E-state index in [9.17, 15) is 9.18 Å². The zero-order chi connectivity index (χ0) is 13.2. The standard InChI is InChI=1S/C13H12FN3OS/c14-9-2-1-3-10(16-8-4-5-8)12(9)17-13(18)11-6-15-7-19-11/h1-3,6-8,16H,4-5H2,(H,17,18). The van der Waals surface area contributed by atoms with Crippen LogP contribution in [0.3, 0.4) is 0 Å². The molecule has 0 radical (unpaired) electrons. The van der Waals surface area contributed by atoms with Crippen molar-refractivity contribution in [1.29, 1.82) is 0 Å². The number of rotatable bonds is 4. The SMILES string of the molecule is O=C(Nc1c(F)cccc1NC1CC1)c1cncs1. The van der Waals surface area contributed by atoms with E-state index < -0.39 is 5.82 Å². The highest BCUT2D eigenvalue weighted by Gasteiger charge is 2.23. The molecule has 0 atom stereocenters. The van der Waals surface area contributed by atoms with Crippen molar-refractivity contribution in [2.24, 2.45) is 0 Å². The van der Waals surface area contributed by atoms with Gasteiger partial charge < -0.3 is 10.6 Å². The molecule has 1 saturated carbocycles. The van der Waals surface area contributed by atoms with E-state index in [4.69, 9.17) is 0 Å². The molecule has 3 rings (SSSR count). The Labute approximate surface area is 113 Å². The summed E-state index contributed by atoms with van der Waals surface area (Å²) in [4.78, 5) is 16.2. The van der Waals surface area contributed by atoms with Gasteiger partial charge in [0.25, 0.3) is 5.91 Å². The molecule has 0 aliphatic heterocycles. The van der Waals surface area contributed by atoms with E-state index in [1.807, 2.05) is 0 Å². The van der Waals surface area contributed by atoms with Crippen LogP contribution in [0.1, 0.15) is 22.5 Å². The number of aromatic nitrogens is 1. The third kappa shape index (κ3) is 2.73. The Morgan fingerprint density at radius 1 is 1.42 bits per heavy atom. The van der Waals surface area contributed by atoms with E-state index in [-0.39, 0.29) is 11.6 Å². The van der Waals surface area contributed by atoms with Gasteiger partial charge in [-0.1, -0.05) is 6.07 Å². The number of nitrogens with zero attached hydrogens (tertiary/aromatic N) is 1. The van der Waals surface area contributed by atoms with Crippen LogP contribution < -0.4 is 10.6 Å². The molecule has 1 aliphatic rings. The summed E-state index contributed by atoms with van der Waals surface area (Å²) in [7, 11) is 0. The highest BCUT2D eigenvalue weighted by atomic mass is 32.1. The minimum absolute atomic E-state index is 0.202. The van der Waals surface area contributed by atoms with Crippen molar-refractivity contribution >= 4 is 28.6 Å². The summed E-state index contributed by atoms with van der Waals surface area (Å²) >= 11 is 1.22. The minimum atomic E-state index is -0.441. The lowest BCUT2D eigenvalue weighted by Crippen LogP contribution is -2.14. The lowest BCUT2D eigenvalue weighted by Gasteiger charge is -2.12. The van der Waals surface area contributed by atoms with Gasteiger partial charge in [0.1, 0.15) is 16.4 Å². The molecule has 1 aromatic heterocycles. The van der Waals surface area contributed by atoms with E-state index >= 15 is 0 Å². The van der Waals surface area contributed by atoms with Gasteiger partial charge in [-0.15, -0.1) is 11.3 Å². The number of para-hydroxylation sites is 1. The quantitative estimate of drug-likeness (QED) is 0.903. The van der Waals surface area contributed by atoms with E-state index in [1.54, 1.807) is 17.6 Å². The second kappa shape index (κ2) is 4.97. The van der Waals surface area contributed by atoms with Crippen molar-refractivity contribution in [2.75, 3.05) is 10.6 Å². The molecular formula is C13H12FN3OS. The normalized spacial score (nSPS) is 14.2. The van der Waals surface area contributed by atoms with Gasteiger partial charge in [-0.3, -0.25) is 9.78 Å². The van der Waals surface area contributed by atoms with Gasteiger partial charge in [-0.2, -0.15) is 0 Å². The van der Waals surface area contributed by atoms with Crippen LogP contribution in [-0.2, 0) is 0 Å². The molecule has 1 aromatic carbocycles. The van der Waals surface area contributed by atoms with Crippen molar-refractivity contribution in [3.63, 3.8) is 0 Å². The van der Waals surface area contributed by atoms with Crippen LogP contribution in [-0.4, -0.2) is 16.9 Å². The van der Waals surface area contributed by atoms with Gasteiger partial charge in [-0.25, -0.2) is 4.39 Å². The van der Waals surface area contributed by atoms with Crippen LogP contribution in [0.2, 0.25) is 0 Å². The van der Waals surface area contributed by atoms with Crippen molar-refractivity contribution in [3.05, 3.63) is 40.6 Å². The Hall–Kier alpha value is -1.95. The molecule has 19 heavy (non-hydrogen) atoms. The lowest BCUT2D eigenvalue weighted by atomic mass is 10.2. The molecule has 1 amide bonds. The van der Waals surface area contributed by atoms with Gasteiger partial charge in [0, 0.05) is 6.04 Å². The fourth-order valence-electron chi connectivity index (χ4n) is 1.72. The number of nitrogens with one attached hydrogen (secondary N) is 2. The molecule has 1 fully saturated rings. The van der Waals surface area contributed by atoms with Gasteiger partial charge in [0.15, 0.2) is 0 Å². The Morgan fingerprint density at radius 3 is 2.95 bits per heavy atom. The number of benzene rings is 1. The number of thiazole rings is 1. The van der Waals surface area contributed by atoms with E-state index in [0.717, 1.165) is 12.8 Å². The number of hydrogen-bond donors (Lipinski definition) is 2. The van der Waals surface area contributed by atoms with Gasteiger partial charge in [0.05, 0.1) is 17.4 Å². The van der Waals surface area contributed by atoms with Gasteiger partial charge in [0.2, 0.25) is 0 Å². The molecule has 0 unspecified atom stereocenters. The van der Waals surface area contributed by atoms with Gasteiger partial charge >= 0.3 is 0 Å². The first-order valence-corrected chi connectivity index (χ1v) is 6.87. The van der Waals surface area contributed by atoms with Crippen LogP contribution in [0.25, 0.3) is 0 Å². The maximum absolute atomic E-state index is 13.9. The molecule has 6 heteroatoms. The smallest absolute Gasteiger partial charge is 0.267 e. The highest BCUT2D eigenvalue weighted by Crippen LogP contribution is 2.31. The third-order valence-corrected chi connectivity index (χ3v) is 3.62. The first kappa shape index (κ1) is 12.1. The van der Waals surface area contributed by atoms with Crippen molar-refractivity contribution < 1.29 is 9.18 Å². The monoisotopic (exact) mass is 277 g/mol. The third-order valence-electron chi connectivity index (χ3n) is 2.85. The number of carbonyl (C=O) groups excluding carboxylic acids is 1. The largest absolute Gasteiger partial charge is 0.381 e. The summed E-state index contributed by atoms with van der Waals surface area (Å²) in [6, 6.07) is 5.12. The maximum Gasteiger partial charge on any atom is 0.267 e. The predicted octanol–water partition coefficient (Wildman–Crippen LogP) is 3.11. The maximum atomic E-state index is 13.9. The first-order valence-electron chi connectivity index (χ1n) is 5.99. The lowest BCUT2D eigenvalue weighted by molar-refractivity contribution is 0.103. The molecule has 2 N–H and O–H groups in total.